The summed E-state index contributed by atoms with van der Waals surface area (Å²) in [4.78, 5) is 14.6. The molecule has 0 bridgehead atoms. The van der Waals surface area contributed by atoms with Gasteiger partial charge in [-0.3, -0.25) is 4.79 Å². The molecule has 1 aromatic carbocycles. The third kappa shape index (κ3) is 4.25. The van der Waals surface area contributed by atoms with Crippen molar-refractivity contribution in [3.63, 3.8) is 0 Å². The molecule has 1 amide bonds. The first kappa shape index (κ1) is 18.5. The number of hydrogen-bond donors (Lipinski definition) is 2. The Hall–Kier alpha value is -2.32. The second kappa shape index (κ2) is 7.92. The van der Waals surface area contributed by atoms with Crippen LogP contribution in [-0.2, 0) is 10.0 Å². The number of nitrogens with zero attached hydrogens (tertiary/aromatic N) is 1. The number of carbonyl (C=O) groups is 1. The Morgan fingerprint density at radius 3 is 2.27 bits per heavy atom. The Bertz CT molecular complexity index is 851. The van der Waals surface area contributed by atoms with Crippen LogP contribution in [0, 0.1) is 0 Å². The number of sulfonamides is 1. The van der Waals surface area contributed by atoms with Gasteiger partial charge in [0.1, 0.15) is 0 Å². The third-order valence-corrected chi connectivity index (χ3v) is 5.72. The number of benzene rings is 1. The first-order chi connectivity index (χ1) is 12.5. The number of anilines is 2. The molecule has 2 heterocycles. The fourth-order valence-corrected chi connectivity index (χ4v) is 3.61. The fraction of sp³-hybridized carbons (Fsp3) is 0.389. The van der Waals surface area contributed by atoms with E-state index in [1.807, 2.05) is 24.3 Å². The summed E-state index contributed by atoms with van der Waals surface area (Å²) in [7, 11) is -2.43. The molecule has 0 unspecified atom stereocenters. The highest BCUT2D eigenvalue weighted by molar-refractivity contribution is 7.89. The Balaban J connectivity index is 1.66. The van der Waals surface area contributed by atoms with Crippen molar-refractivity contribution in [1.29, 1.82) is 0 Å². The van der Waals surface area contributed by atoms with Crippen molar-refractivity contribution < 1.29 is 17.6 Å². The lowest BCUT2D eigenvalue weighted by Crippen LogP contribution is -2.23. The summed E-state index contributed by atoms with van der Waals surface area (Å²) in [6, 6.07) is 10.2. The van der Waals surface area contributed by atoms with Gasteiger partial charge in [0.05, 0.1) is 0 Å². The average Bonchev–Trinajstić information content (AvgIpc) is 3.00. The molecule has 26 heavy (non-hydrogen) atoms. The van der Waals surface area contributed by atoms with E-state index in [9.17, 15) is 13.2 Å². The van der Waals surface area contributed by atoms with E-state index in [0.717, 1.165) is 18.8 Å². The van der Waals surface area contributed by atoms with Crippen LogP contribution in [-0.4, -0.2) is 34.5 Å². The topological polar surface area (TPSA) is 91.6 Å². The molecule has 7 nitrogen and oxygen atoms in total. The predicted octanol–water partition coefficient (Wildman–Crippen LogP) is 2.82. The fourth-order valence-electron chi connectivity index (χ4n) is 2.96. The molecule has 1 saturated heterocycles. The summed E-state index contributed by atoms with van der Waals surface area (Å²) in [6.45, 7) is 2.11. The molecule has 8 heteroatoms. The maximum atomic E-state index is 12.2. The first-order valence-corrected chi connectivity index (χ1v) is 10.2. The Labute approximate surface area is 153 Å². The van der Waals surface area contributed by atoms with E-state index < -0.39 is 15.9 Å². The molecule has 0 saturated carbocycles. The quantitative estimate of drug-likeness (QED) is 0.836. The normalized spacial score (nSPS) is 15.5. The van der Waals surface area contributed by atoms with Crippen LogP contribution in [0.4, 0.5) is 11.4 Å². The molecule has 2 N–H and O–H groups in total. The van der Waals surface area contributed by atoms with Crippen molar-refractivity contribution >= 4 is 27.3 Å². The monoisotopic (exact) mass is 377 g/mol. The lowest BCUT2D eigenvalue weighted by Gasteiger charge is -2.22. The van der Waals surface area contributed by atoms with E-state index in [4.69, 9.17) is 4.42 Å². The largest absolute Gasteiger partial charge is 0.438 e. The van der Waals surface area contributed by atoms with E-state index in [1.165, 1.54) is 44.9 Å². The van der Waals surface area contributed by atoms with Gasteiger partial charge in [-0.1, -0.05) is 12.8 Å². The Morgan fingerprint density at radius 2 is 1.65 bits per heavy atom. The highest BCUT2D eigenvalue weighted by Gasteiger charge is 2.19. The number of nitrogens with one attached hydrogen (secondary N) is 2. The van der Waals surface area contributed by atoms with Gasteiger partial charge in [-0.15, -0.1) is 0 Å². The van der Waals surface area contributed by atoms with Gasteiger partial charge in [0.25, 0.3) is 15.9 Å². The van der Waals surface area contributed by atoms with Crippen LogP contribution in [0.5, 0.6) is 0 Å². The summed E-state index contributed by atoms with van der Waals surface area (Å²) in [6.07, 6.45) is 4.96. The van der Waals surface area contributed by atoms with Gasteiger partial charge >= 0.3 is 0 Å². The highest BCUT2D eigenvalue weighted by Crippen LogP contribution is 2.22. The Morgan fingerprint density at radius 1 is 1.00 bits per heavy atom. The second-order valence-corrected chi connectivity index (χ2v) is 8.05. The van der Waals surface area contributed by atoms with Crippen LogP contribution in [0.25, 0.3) is 0 Å². The number of amides is 1. The van der Waals surface area contributed by atoms with Gasteiger partial charge in [0, 0.05) is 24.5 Å². The van der Waals surface area contributed by atoms with Gasteiger partial charge in [-0.05, 0) is 56.3 Å². The summed E-state index contributed by atoms with van der Waals surface area (Å²) in [5.41, 5.74) is 1.77. The molecule has 3 rings (SSSR count). The minimum absolute atomic E-state index is 0.0598. The zero-order chi connectivity index (χ0) is 18.6. The molecule has 1 fully saturated rings. The van der Waals surface area contributed by atoms with Crippen molar-refractivity contribution in [1.82, 2.24) is 4.72 Å². The molecule has 0 radical (unpaired) electrons. The zero-order valence-electron chi connectivity index (χ0n) is 14.7. The van der Waals surface area contributed by atoms with Crippen molar-refractivity contribution in [3.05, 3.63) is 42.2 Å². The zero-order valence-corrected chi connectivity index (χ0v) is 15.5. The van der Waals surface area contributed by atoms with Crippen molar-refractivity contribution in [2.75, 3.05) is 30.4 Å². The number of carbonyl (C=O) groups excluding carboxylic acids is 1. The lowest BCUT2D eigenvalue weighted by atomic mass is 10.2. The van der Waals surface area contributed by atoms with Crippen LogP contribution in [0.2, 0.25) is 0 Å². The molecule has 140 valence electrons. The minimum atomic E-state index is -3.71. The number of rotatable bonds is 5. The first-order valence-electron chi connectivity index (χ1n) is 8.69. The maximum absolute atomic E-state index is 12.2. The van der Waals surface area contributed by atoms with Crippen LogP contribution in [0.3, 0.4) is 0 Å². The minimum Gasteiger partial charge on any atom is -0.438 e. The van der Waals surface area contributed by atoms with Gasteiger partial charge in [0.15, 0.2) is 5.76 Å². The molecule has 0 spiro atoms. The molecule has 2 aromatic rings. The van der Waals surface area contributed by atoms with Crippen LogP contribution in [0.1, 0.15) is 36.2 Å². The van der Waals surface area contributed by atoms with Crippen molar-refractivity contribution in [2.24, 2.45) is 0 Å². The van der Waals surface area contributed by atoms with Crippen LogP contribution in [0.15, 0.2) is 45.9 Å². The van der Waals surface area contributed by atoms with E-state index in [1.54, 1.807) is 0 Å². The van der Waals surface area contributed by atoms with Gasteiger partial charge in [0.2, 0.25) is 5.09 Å². The molecular formula is C18H23N3O4S. The van der Waals surface area contributed by atoms with Crippen molar-refractivity contribution in [3.8, 4) is 0 Å². The maximum Gasteiger partial charge on any atom is 0.291 e. The highest BCUT2D eigenvalue weighted by atomic mass is 32.2. The number of furan rings is 1. The van der Waals surface area contributed by atoms with E-state index in [0.29, 0.717) is 5.69 Å². The Kier molecular flexibility index (Phi) is 5.63. The molecule has 1 aromatic heterocycles. The van der Waals surface area contributed by atoms with Gasteiger partial charge < -0.3 is 14.6 Å². The van der Waals surface area contributed by atoms with E-state index >= 15 is 0 Å². The lowest BCUT2D eigenvalue weighted by molar-refractivity contribution is 0.0991. The summed E-state index contributed by atoms with van der Waals surface area (Å²) in [5, 5.41) is 2.43. The summed E-state index contributed by atoms with van der Waals surface area (Å²) in [5.74, 6) is -0.555. The van der Waals surface area contributed by atoms with E-state index in [2.05, 4.69) is 14.9 Å². The van der Waals surface area contributed by atoms with Gasteiger partial charge in [-0.25, -0.2) is 13.1 Å². The molecular weight excluding hydrogens is 354 g/mol. The summed E-state index contributed by atoms with van der Waals surface area (Å²) >= 11 is 0. The SMILES string of the molecule is CNS(=O)(=O)c1ccc(C(=O)Nc2ccc(N3CCCCCC3)cc2)o1. The second-order valence-electron chi connectivity index (χ2n) is 6.23. The van der Waals surface area contributed by atoms with Gasteiger partial charge in [-0.2, -0.15) is 0 Å². The molecule has 0 atom stereocenters. The molecule has 1 aliphatic heterocycles. The molecule has 0 aliphatic carbocycles. The smallest absolute Gasteiger partial charge is 0.291 e. The van der Waals surface area contributed by atoms with Crippen LogP contribution < -0.4 is 14.9 Å². The van der Waals surface area contributed by atoms with Crippen LogP contribution >= 0.6 is 0 Å². The third-order valence-electron chi connectivity index (χ3n) is 4.44. The predicted molar refractivity (Wildman–Crippen MR) is 100 cm³/mol. The average molecular weight is 377 g/mol. The van der Waals surface area contributed by atoms with Crippen molar-refractivity contribution in [2.45, 2.75) is 30.8 Å². The molecule has 1 aliphatic rings. The standard InChI is InChI=1S/C18H23N3O4S/c1-19-26(23,24)17-11-10-16(25-17)18(22)20-14-6-8-15(9-7-14)21-12-4-2-3-5-13-21/h6-11,19H,2-5,12-13H2,1H3,(H,20,22). The number of hydrogen-bond acceptors (Lipinski definition) is 5. The van der Waals surface area contributed by atoms with E-state index in [-0.39, 0.29) is 10.9 Å². The summed E-state index contributed by atoms with van der Waals surface area (Å²) < 4.78 is 30.6.